The molecule has 2 unspecified atom stereocenters. The van der Waals surface area contributed by atoms with Crippen LogP contribution >= 0.6 is 0 Å². The Bertz CT molecular complexity index is 1060. The van der Waals surface area contributed by atoms with Gasteiger partial charge in [0.25, 0.3) is 5.56 Å². The second-order valence-corrected chi connectivity index (χ2v) is 10.8. The van der Waals surface area contributed by atoms with Gasteiger partial charge in [-0.25, -0.2) is 4.99 Å². The maximum Gasteiger partial charge on any atom is 0.261 e. The lowest BCUT2D eigenvalue weighted by atomic mass is 10.0. The van der Waals surface area contributed by atoms with Crippen LogP contribution in [0, 0.1) is 17.2 Å². The molecule has 0 bridgehead atoms. The first-order chi connectivity index (χ1) is 15.7. The van der Waals surface area contributed by atoms with Gasteiger partial charge in [0.2, 0.25) is 0 Å². The van der Waals surface area contributed by atoms with Crippen molar-refractivity contribution in [2.24, 2.45) is 16.6 Å². The van der Waals surface area contributed by atoms with Gasteiger partial charge in [-0.2, -0.15) is 5.26 Å². The summed E-state index contributed by atoms with van der Waals surface area (Å²) in [6.45, 7) is 7.40. The third-order valence-electron chi connectivity index (χ3n) is 4.98. The maximum atomic E-state index is 12.3. The van der Waals surface area contributed by atoms with Crippen LogP contribution in [0.5, 0.6) is 0 Å². The van der Waals surface area contributed by atoms with Crippen LogP contribution in [0.4, 0.5) is 11.4 Å². The molecule has 0 radical (unpaired) electrons. The number of nitrogens with one attached hydrogen (secondary N) is 2. The summed E-state index contributed by atoms with van der Waals surface area (Å²) in [4.78, 5) is 19.6. The lowest BCUT2D eigenvalue weighted by molar-refractivity contribution is 0.143. The van der Waals surface area contributed by atoms with Gasteiger partial charge in [0.15, 0.2) is 0 Å². The number of amidine groups is 1. The van der Waals surface area contributed by atoms with E-state index in [1.54, 1.807) is 43.6 Å². The zero-order chi connectivity index (χ0) is 24.4. The Kier molecular flexibility index (Phi) is 9.82. The Hall–Kier alpha value is -2.96. The first-order valence-corrected chi connectivity index (χ1v) is 12.1. The summed E-state index contributed by atoms with van der Waals surface area (Å²) in [7, 11) is 0.599. The second kappa shape index (κ2) is 12.3. The maximum absolute atomic E-state index is 12.3. The Morgan fingerprint density at radius 3 is 2.55 bits per heavy atom. The summed E-state index contributed by atoms with van der Waals surface area (Å²) in [6.07, 6.45) is 4.55. The van der Waals surface area contributed by atoms with E-state index in [2.05, 4.69) is 21.4 Å². The van der Waals surface area contributed by atoms with Gasteiger partial charge in [-0.3, -0.25) is 9.00 Å². The number of aromatic nitrogens is 1. The van der Waals surface area contributed by atoms with E-state index in [-0.39, 0.29) is 22.1 Å². The predicted octanol–water partition coefficient (Wildman–Crippen LogP) is 3.69. The highest BCUT2D eigenvalue weighted by Gasteiger charge is 2.21. The number of aromatic amines is 1. The fourth-order valence-corrected chi connectivity index (χ4v) is 4.26. The minimum atomic E-state index is -1.11. The van der Waals surface area contributed by atoms with Crippen molar-refractivity contribution < 1.29 is 8.95 Å². The fourth-order valence-electron chi connectivity index (χ4n) is 3.17. The Labute approximate surface area is 197 Å². The zero-order valence-corrected chi connectivity index (χ0v) is 20.5. The smallest absolute Gasteiger partial charge is 0.261 e. The number of benzene rings is 1. The van der Waals surface area contributed by atoms with Crippen LogP contribution in [0.1, 0.15) is 45.6 Å². The first-order valence-electron chi connectivity index (χ1n) is 10.9. The van der Waals surface area contributed by atoms with E-state index in [0.29, 0.717) is 16.9 Å². The lowest BCUT2D eigenvalue weighted by Crippen LogP contribution is -2.25. The number of anilines is 1. The number of nitriles is 1. The average Bonchev–Trinajstić information content (AvgIpc) is 3.07. The number of pyridine rings is 1. The fraction of sp³-hybridized carbons (Fsp3) is 0.458. The molecule has 1 aliphatic rings. The molecule has 1 fully saturated rings. The number of rotatable bonds is 4. The normalized spacial score (nSPS) is 17.7. The highest BCUT2D eigenvalue weighted by Crippen LogP contribution is 2.23. The van der Waals surface area contributed by atoms with Gasteiger partial charge in [0.1, 0.15) is 11.4 Å². The largest absolute Gasteiger partial charge is 0.387 e. The van der Waals surface area contributed by atoms with Crippen LogP contribution in [0.3, 0.4) is 0 Å². The summed E-state index contributed by atoms with van der Waals surface area (Å²) in [5.41, 5.74) is 7.18. The molecule has 0 spiro atoms. The molecule has 0 aliphatic carbocycles. The number of H-pyrrole nitrogens is 1. The van der Waals surface area contributed by atoms with Crippen LogP contribution < -0.4 is 16.6 Å². The average molecular weight is 472 g/mol. The van der Waals surface area contributed by atoms with Crippen molar-refractivity contribution in [1.29, 1.82) is 5.26 Å². The number of nitrogens with zero attached hydrogens (tertiary/aromatic N) is 2. The number of hydrogen-bond acceptors (Lipinski definition) is 6. The van der Waals surface area contributed by atoms with Crippen LogP contribution in [0.15, 0.2) is 51.2 Å². The molecular weight excluding hydrogens is 438 g/mol. The van der Waals surface area contributed by atoms with Crippen molar-refractivity contribution in [3.05, 3.63) is 52.4 Å². The molecule has 1 aromatic carbocycles. The van der Waals surface area contributed by atoms with Gasteiger partial charge < -0.3 is 20.8 Å². The molecule has 2 aromatic rings. The second-order valence-electron chi connectivity index (χ2n) is 8.59. The molecule has 4 N–H and O–H groups in total. The van der Waals surface area contributed by atoms with Gasteiger partial charge in [-0.1, -0.05) is 0 Å². The number of ether oxygens (including phenoxy) is 1. The van der Waals surface area contributed by atoms with Gasteiger partial charge >= 0.3 is 0 Å². The van der Waals surface area contributed by atoms with Crippen molar-refractivity contribution in [1.82, 2.24) is 4.98 Å². The van der Waals surface area contributed by atoms with Gasteiger partial charge in [0, 0.05) is 42.0 Å². The van der Waals surface area contributed by atoms with E-state index < -0.39 is 10.8 Å². The van der Waals surface area contributed by atoms with Crippen LogP contribution in [-0.4, -0.2) is 40.0 Å². The van der Waals surface area contributed by atoms with E-state index in [9.17, 15) is 9.00 Å². The van der Waals surface area contributed by atoms with E-state index >= 15 is 0 Å². The molecule has 1 aromatic heterocycles. The van der Waals surface area contributed by atoms with E-state index in [1.807, 2.05) is 20.8 Å². The summed E-state index contributed by atoms with van der Waals surface area (Å²) < 4.78 is 17.2. The van der Waals surface area contributed by atoms with Gasteiger partial charge in [-0.15, -0.1) is 0 Å². The van der Waals surface area contributed by atoms with E-state index in [4.69, 9.17) is 15.7 Å². The number of hydrogen-bond donors (Lipinski definition) is 3. The SMILES string of the molecule is CNc1cc[nH]c(=O)c1C(N)=Nc1ccc(S(=O)C(C)(C)C)cc1.N#CC1CCCOCC1. The Balaban J connectivity index is 0.000000357. The Morgan fingerprint density at radius 1 is 1.24 bits per heavy atom. The molecule has 9 heteroatoms. The van der Waals surface area contributed by atoms with Crippen molar-refractivity contribution in [2.45, 2.75) is 49.7 Å². The third-order valence-corrected chi connectivity index (χ3v) is 6.79. The molecule has 8 nitrogen and oxygen atoms in total. The quantitative estimate of drug-likeness (QED) is 0.460. The number of nitrogens with two attached hydrogens (primary N) is 1. The van der Waals surface area contributed by atoms with E-state index in [1.165, 1.54) is 0 Å². The Morgan fingerprint density at radius 2 is 1.94 bits per heavy atom. The molecule has 33 heavy (non-hydrogen) atoms. The van der Waals surface area contributed by atoms with Crippen molar-refractivity contribution in [3.8, 4) is 6.07 Å². The zero-order valence-electron chi connectivity index (χ0n) is 19.7. The molecule has 178 valence electrons. The molecule has 0 saturated carbocycles. The van der Waals surface area contributed by atoms with Gasteiger partial charge in [-0.05, 0) is 70.4 Å². The minimum Gasteiger partial charge on any atom is -0.387 e. The summed E-state index contributed by atoms with van der Waals surface area (Å²) in [5.74, 6) is 0.374. The molecule has 1 aliphatic heterocycles. The molecule has 2 atom stereocenters. The molecule has 3 rings (SSSR count). The summed E-state index contributed by atoms with van der Waals surface area (Å²) >= 11 is 0. The number of aliphatic imine (C=N–C) groups is 1. The standard InChI is InChI=1S/C17H22N4O2S.C7H11NO/c1-17(2,3)24(23)12-7-5-11(6-8-12)21-15(18)14-13(19-4)9-10-20-16(14)22;8-6-7-2-1-4-9-5-3-7/h5-10H,1-4H3,(H2,18,21)(H2,19,20,22);7H,1-5H2. The van der Waals surface area contributed by atoms with E-state index in [0.717, 1.165) is 37.4 Å². The molecule has 1 saturated heterocycles. The van der Waals surface area contributed by atoms with Crippen LogP contribution in [0.25, 0.3) is 0 Å². The van der Waals surface area contributed by atoms with Crippen molar-refractivity contribution in [2.75, 3.05) is 25.6 Å². The summed E-state index contributed by atoms with van der Waals surface area (Å²) in [6, 6.07) is 11.0. The van der Waals surface area contributed by atoms with Gasteiger partial charge in [0.05, 0.1) is 28.2 Å². The van der Waals surface area contributed by atoms with Crippen molar-refractivity contribution in [3.63, 3.8) is 0 Å². The monoisotopic (exact) mass is 471 g/mol. The van der Waals surface area contributed by atoms with Crippen LogP contribution in [-0.2, 0) is 15.5 Å². The highest BCUT2D eigenvalue weighted by atomic mass is 32.2. The summed E-state index contributed by atoms with van der Waals surface area (Å²) in [5, 5.41) is 11.4. The van der Waals surface area contributed by atoms with Crippen LogP contribution in [0.2, 0.25) is 0 Å². The topological polar surface area (TPSA) is 133 Å². The lowest BCUT2D eigenvalue weighted by Gasteiger charge is -2.17. The first kappa shape index (κ1) is 26.3. The highest BCUT2D eigenvalue weighted by molar-refractivity contribution is 7.86. The molecule has 0 amide bonds. The van der Waals surface area contributed by atoms with Crippen molar-refractivity contribution >= 4 is 28.0 Å². The minimum absolute atomic E-state index is 0.117. The third kappa shape index (κ3) is 7.84. The predicted molar refractivity (Wildman–Crippen MR) is 133 cm³/mol. The molecule has 2 heterocycles. The molecular formula is C24H33N5O3S.